The van der Waals surface area contributed by atoms with Crippen LogP contribution in [0.3, 0.4) is 0 Å². The molecule has 0 unspecified atom stereocenters. The van der Waals surface area contributed by atoms with Gasteiger partial charge in [-0.1, -0.05) is 18.2 Å². The van der Waals surface area contributed by atoms with Crippen molar-refractivity contribution in [2.45, 2.75) is 24.5 Å². The number of hydrogen-bond donors (Lipinski definition) is 0. The molecule has 0 aromatic heterocycles. The lowest BCUT2D eigenvalue weighted by molar-refractivity contribution is -0.151. The highest BCUT2D eigenvalue weighted by Gasteiger charge is 2.41. The van der Waals surface area contributed by atoms with Crippen LogP contribution in [0.1, 0.15) is 24.5 Å². The van der Waals surface area contributed by atoms with Crippen molar-refractivity contribution in [3.8, 4) is 5.75 Å². The summed E-state index contributed by atoms with van der Waals surface area (Å²) >= 11 is 0. The Morgan fingerprint density at radius 3 is 2.63 bits per heavy atom. The largest absolute Gasteiger partial charge is 0.497 e. The first-order valence-corrected chi connectivity index (χ1v) is 6.38. The Morgan fingerprint density at radius 2 is 2.11 bits per heavy atom. The zero-order valence-electron chi connectivity index (χ0n) is 10.8. The van der Waals surface area contributed by atoms with Gasteiger partial charge in [0, 0.05) is 12.8 Å². The summed E-state index contributed by atoms with van der Waals surface area (Å²) in [6.45, 7) is 0.423. The summed E-state index contributed by atoms with van der Waals surface area (Å²) < 4.78 is 16.3. The van der Waals surface area contributed by atoms with Gasteiger partial charge in [-0.25, -0.2) is 0 Å². The van der Waals surface area contributed by atoms with E-state index in [-0.39, 0.29) is 12.1 Å². The van der Waals surface area contributed by atoms with E-state index >= 15 is 0 Å². The summed E-state index contributed by atoms with van der Waals surface area (Å²) in [5.74, 6) is 0.681. The van der Waals surface area contributed by atoms with Crippen molar-refractivity contribution in [2.75, 3.05) is 13.7 Å². The molecule has 1 fully saturated rings. The van der Waals surface area contributed by atoms with E-state index < -0.39 is 5.60 Å². The van der Waals surface area contributed by atoms with E-state index in [0.717, 1.165) is 11.3 Å². The number of hydrogen-bond acceptors (Lipinski definition) is 4. The van der Waals surface area contributed by atoms with Gasteiger partial charge in [0.25, 0.3) is 0 Å². The minimum atomic E-state index is -0.528. The number of carbonyl (C=O) groups is 1. The van der Waals surface area contributed by atoms with Crippen molar-refractivity contribution in [1.82, 2.24) is 0 Å². The molecule has 0 aliphatic carbocycles. The first kappa shape index (κ1) is 12.2. The van der Waals surface area contributed by atoms with Crippen molar-refractivity contribution in [3.05, 3.63) is 42.0 Å². The van der Waals surface area contributed by atoms with Gasteiger partial charge in [-0.15, -0.1) is 0 Å². The van der Waals surface area contributed by atoms with Crippen LogP contribution in [0, 0.1) is 0 Å². The summed E-state index contributed by atoms with van der Waals surface area (Å²) in [5, 5.41) is 0. The minimum Gasteiger partial charge on any atom is -0.497 e. The van der Waals surface area contributed by atoms with Crippen molar-refractivity contribution < 1.29 is 19.0 Å². The van der Waals surface area contributed by atoms with E-state index in [0.29, 0.717) is 19.4 Å². The third kappa shape index (κ3) is 2.36. The van der Waals surface area contributed by atoms with Gasteiger partial charge < -0.3 is 14.2 Å². The van der Waals surface area contributed by atoms with Gasteiger partial charge in [-0.3, -0.25) is 4.79 Å². The molecule has 1 saturated heterocycles. The van der Waals surface area contributed by atoms with Crippen LogP contribution in [0.25, 0.3) is 0 Å². The maximum absolute atomic E-state index is 11.2. The van der Waals surface area contributed by atoms with Gasteiger partial charge in [0.1, 0.15) is 11.9 Å². The standard InChI is InChI=1S/C15H16O4/c1-17-12-4-2-11(3-5-12)13-6-8-15(10-18-13)9-7-14(16)19-15/h2-6,8,13H,7,9-10H2,1H3/t13-,15-/m1/s1. The monoisotopic (exact) mass is 260 g/mol. The highest BCUT2D eigenvalue weighted by Crippen LogP contribution is 2.35. The van der Waals surface area contributed by atoms with Crippen LogP contribution in [-0.4, -0.2) is 25.3 Å². The molecule has 1 aromatic rings. The number of carbonyl (C=O) groups excluding carboxylic acids is 1. The molecule has 100 valence electrons. The summed E-state index contributed by atoms with van der Waals surface area (Å²) in [6, 6.07) is 7.78. The number of methoxy groups -OCH3 is 1. The molecular formula is C15H16O4. The lowest BCUT2D eigenvalue weighted by Crippen LogP contribution is -2.35. The van der Waals surface area contributed by atoms with Crippen molar-refractivity contribution >= 4 is 5.97 Å². The molecule has 0 radical (unpaired) electrons. The smallest absolute Gasteiger partial charge is 0.306 e. The average molecular weight is 260 g/mol. The Bertz CT molecular complexity index is 505. The molecule has 2 aliphatic heterocycles. The predicted octanol–water partition coefficient (Wildman–Crippen LogP) is 2.40. The van der Waals surface area contributed by atoms with Crippen LogP contribution < -0.4 is 4.74 Å². The maximum Gasteiger partial charge on any atom is 0.306 e. The van der Waals surface area contributed by atoms with E-state index in [4.69, 9.17) is 14.2 Å². The Balaban J connectivity index is 1.74. The summed E-state index contributed by atoms with van der Waals surface area (Å²) in [4.78, 5) is 11.2. The molecule has 19 heavy (non-hydrogen) atoms. The SMILES string of the molecule is COc1ccc([C@H]2C=C[C@@]3(CCC(=O)O3)CO2)cc1. The molecule has 1 aromatic carbocycles. The summed E-state index contributed by atoms with van der Waals surface area (Å²) in [5.41, 5.74) is 0.538. The molecular weight excluding hydrogens is 244 g/mol. The van der Waals surface area contributed by atoms with Gasteiger partial charge in [0.05, 0.1) is 13.7 Å². The quantitative estimate of drug-likeness (QED) is 0.605. The maximum atomic E-state index is 11.2. The third-order valence-corrected chi connectivity index (χ3v) is 3.60. The average Bonchev–Trinajstić information content (AvgIpc) is 2.81. The fourth-order valence-electron chi connectivity index (χ4n) is 2.46. The van der Waals surface area contributed by atoms with Crippen molar-refractivity contribution in [3.63, 3.8) is 0 Å². The molecule has 4 nitrogen and oxygen atoms in total. The van der Waals surface area contributed by atoms with Gasteiger partial charge in [-0.05, 0) is 23.8 Å². The highest BCUT2D eigenvalue weighted by atomic mass is 16.6. The zero-order valence-corrected chi connectivity index (χ0v) is 10.8. The van der Waals surface area contributed by atoms with E-state index in [1.165, 1.54) is 0 Å². The number of benzene rings is 1. The van der Waals surface area contributed by atoms with E-state index in [1.54, 1.807) is 7.11 Å². The van der Waals surface area contributed by atoms with Gasteiger partial charge in [0.15, 0.2) is 5.60 Å². The van der Waals surface area contributed by atoms with E-state index in [9.17, 15) is 4.79 Å². The van der Waals surface area contributed by atoms with E-state index in [2.05, 4.69) is 0 Å². The van der Waals surface area contributed by atoms with Crippen LogP contribution >= 0.6 is 0 Å². The number of rotatable bonds is 2. The number of esters is 1. The molecule has 3 rings (SSSR count). The predicted molar refractivity (Wildman–Crippen MR) is 68.9 cm³/mol. The molecule has 1 spiro atoms. The van der Waals surface area contributed by atoms with Crippen LogP contribution in [-0.2, 0) is 14.3 Å². The number of ether oxygens (including phenoxy) is 3. The van der Waals surface area contributed by atoms with Crippen molar-refractivity contribution in [1.29, 1.82) is 0 Å². The minimum absolute atomic E-state index is 0.0872. The van der Waals surface area contributed by atoms with Gasteiger partial charge >= 0.3 is 5.97 Å². The normalized spacial score (nSPS) is 29.5. The van der Waals surface area contributed by atoms with E-state index in [1.807, 2.05) is 36.4 Å². The molecule has 0 N–H and O–H groups in total. The van der Waals surface area contributed by atoms with Crippen LogP contribution in [0.4, 0.5) is 0 Å². The van der Waals surface area contributed by atoms with Crippen LogP contribution in [0.5, 0.6) is 5.75 Å². The summed E-state index contributed by atoms with van der Waals surface area (Å²) in [6.07, 6.45) is 5.02. The first-order chi connectivity index (χ1) is 9.21. The summed E-state index contributed by atoms with van der Waals surface area (Å²) in [7, 11) is 1.64. The zero-order chi connectivity index (χ0) is 13.3. The molecule has 0 amide bonds. The van der Waals surface area contributed by atoms with Gasteiger partial charge in [0.2, 0.25) is 0 Å². The van der Waals surface area contributed by atoms with Gasteiger partial charge in [-0.2, -0.15) is 0 Å². The molecule has 4 heteroatoms. The Hall–Kier alpha value is -1.81. The molecule has 2 atom stereocenters. The van der Waals surface area contributed by atoms with Crippen LogP contribution in [0.15, 0.2) is 36.4 Å². The Labute approximate surface area is 112 Å². The second-order valence-electron chi connectivity index (χ2n) is 4.90. The first-order valence-electron chi connectivity index (χ1n) is 6.38. The Kier molecular flexibility index (Phi) is 3.03. The molecule has 2 aliphatic rings. The lowest BCUT2D eigenvalue weighted by Gasteiger charge is -2.31. The third-order valence-electron chi connectivity index (χ3n) is 3.60. The topological polar surface area (TPSA) is 44.8 Å². The fourth-order valence-corrected chi connectivity index (χ4v) is 2.46. The fraction of sp³-hybridized carbons (Fsp3) is 0.400. The Morgan fingerprint density at radius 1 is 1.32 bits per heavy atom. The second kappa shape index (κ2) is 4.70. The molecule has 0 bridgehead atoms. The molecule has 0 saturated carbocycles. The van der Waals surface area contributed by atoms with Crippen LogP contribution in [0.2, 0.25) is 0 Å². The highest BCUT2D eigenvalue weighted by molar-refractivity contribution is 5.72. The lowest BCUT2D eigenvalue weighted by atomic mass is 9.96. The van der Waals surface area contributed by atoms with Crippen molar-refractivity contribution in [2.24, 2.45) is 0 Å². The molecule has 2 heterocycles. The second-order valence-corrected chi connectivity index (χ2v) is 4.90.